The molecule has 0 aromatic heterocycles. The number of halogens is 4. The van der Waals surface area contributed by atoms with E-state index in [2.05, 4.69) is 11.4 Å². The number of carbonyl (C=O) groups is 1. The third-order valence-corrected chi connectivity index (χ3v) is 7.85. The van der Waals surface area contributed by atoms with Crippen LogP contribution < -0.4 is 5.32 Å². The average Bonchev–Trinajstić information content (AvgIpc) is 3.66. The molecule has 0 spiro atoms. The number of rotatable bonds is 5. The van der Waals surface area contributed by atoms with Crippen LogP contribution in [0, 0.1) is 0 Å². The van der Waals surface area contributed by atoms with E-state index in [4.69, 9.17) is 16.6 Å². The van der Waals surface area contributed by atoms with Crippen LogP contribution in [0.25, 0.3) is 0 Å². The molecule has 3 aliphatic rings. The van der Waals surface area contributed by atoms with Gasteiger partial charge in [-0.05, 0) is 78.4 Å². The summed E-state index contributed by atoms with van der Waals surface area (Å²) in [7, 11) is 0. The lowest BCUT2D eigenvalue weighted by molar-refractivity contribution is -0.140. The largest absolute Gasteiger partial charge is 0.446 e. The van der Waals surface area contributed by atoms with E-state index in [0.717, 1.165) is 41.9 Å². The van der Waals surface area contributed by atoms with E-state index >= 15 is 0 Å². The van der Waals surface area contributed by atoms with Crippen molar-refractivity contribution in [1.29, 1.82) is 0 Å². The molecule has 1 fully saturated rings. The Labute approximate surface area is 216 Å². The molecule has 0 saturated heterocycles. The van der Waals surface area contributed by atoms with E-state index in [1.165, 1.54) is 24.3 Å². The second-order valence-corrected chi connectivity index (χ2v) is 10.9. The zero-order chi connectivity index (χ0) is 25.5. The molecule has 190 valence electrons. The van der Waals surface area contributed by atoms with E-state index in [1.54, 1.807) is 4.90 Å². The molecule has 0 radical (unpaired) electrons. The van der Waals surface area contributed by atoms with E-state index in [1.807, 2.05) is 18.2 Å². The minimum Gasteiger partial charge on any atom is -0.378 e. The Kier molecular flexibility index (Phi) is 6.82. The first-order valence-electron chi connectivity index (χ1n) is 11.8. The van der Waals surface area contributed by atoms with Gasteiger partial charge in [0.2, 0.25) is 0 Å². The number of aliphatic hydroxyl groups is 1. The molecule has 2 aromatic rings. The Morgan fingerprint density at radius 1 is 1.19 bits per heavy atom. The summed E-state index contributed by atoms with van der Waals surface area (Å²) in [5.41, 5.74) is -1.26. The van der Waals surface area contributed by atoms with Gasteiger partial charge in [-0.15, -0.1) is 0 Å². The lowest BCUT2D eigenvalue weighted by Crippen LogP contribution is -2.40. The number of nitrogens with one attached hydrogen (secondary N) is 1. The Hall–Kier alpha value is -2.49. The van der Waals surface area contributed by atoms with Gasteiger partial charge >= 0.3 is 5.51 Å². The number of allylic oxidation sites excluding steroid dienone is 1. The maximum atomic E-state index is 13.1. The van der Waals surface area contributed by atoms with Gasteiger partial charge in [0, 0.05) is 28.7 Å². The van der Waals surface area contributed by atoms with Crippen molar-refractivity contribution in [3.05, 3.63) is 76.0 Å². The molecule has 1 amide bonds. The summed E-state index contributed by atoms with van der Waals surface area (Å²) in [5, 5.41) is 14.9. The van der Waals surface area contributed by atoms with Crippen molar-refractivity contribution in [1.82, 2.24) is 10.2 Å². The summed E-state index contributed by atoms with van der Waals surface area (Å²) in [5.74, 6) is 0.410. The van der Waals surface area contributed by atoms with Gasteiger partial charge < -0.3 is 15.3 Å². The standard InChI is InChI=1S/C26H25ClF3N3O2S/c27-19-6-2-5-18(13-19)25(9-10-25)24-31-14-17-15-33(11-3-8-21(17)32-24)23(35)22(34)16-4-1-7-20(12-16)36-26(28,29)30/h1-2,4-7,12-13,22,34H,3,8-11,14-15H2,(H,31,32). The van der Waals surface area contributed by atoms with Gasteiger partial charge in [0.15, 0.2) is 6.10 Å². The summed E-state index contributed by atoms with van der Waals surface area (Å²) >= 11 is 5.95. The van der Waals surface area contributed by atoms with E-state index < -0.39 is 17.5 Å². The van der Waals surface area contributed by atoms with Crippen LogP contribution in [0.4, 0.5) is 13.2 Å². The molecule has 0 bridgehead atoms. The Morgan fingerprint density at radius 2 is 1.97 bits per heavy atom. The summed E-state index contributed by atoms with van der Waals surface area (Å²) in [6.07, 6.45) is 1.90. The van der Waals surface area contributed by atoms with Crippen molar-refractivity contribution in [2.45, 2.75) is 47.6 Å². The van der Waals surface area contributed by atoms with Crippen LogP contribution in [0.15, 0.2) is 69.7 Å². The summed E-state index contributed by atoms with van der Waals surface area (Å²) in [4.78, 5) is 19.5. The molecule has 2 aliphatic heterocycles. The first-order chi connectivity index (χ1) is 17.1. The molecule has 5 rings (SSSR count). The number of amidine groups is 1. The third-order valence-electron chi connectivity index (χ3n) is 6.89. The molecule has 1 atom stereocenters. The zero-order valence-electron chi connectivity index (χ0n) is 19.3. The van der Waals surface area contributed by atoms with Crippen LogP contribution >= 0.6 is 23.4 Å². The highest BCUT2D eigenvalue weighted by molar-refractivity contribution is 8.00. The molecule has 36 heavy (non-hydrogen) atoms. The van der Waals surface area contributed by atoms with E-state index in [9.17, 15) is 23.1 Å². The summed E-state index contributed by atoms with van der Waals surface area (Å²) in [6.45, 7) is 1.21. The molecular formula is C26H25ClF3N3O2S. The first kappa shape index (κ1) is 25.2. The van der Waals surface area contributed by atoms with Crippen molar-refractivity contribution in [2.75, 3.05) is 19.6 Å². The number of carbonyl (C=O) groups excluding carboxylic acids is 1. The number of aliphatic imine (C=N–C) groups is 1. The Balaban J connectivity index is 1.28. The molecule has 2 N–H and O–H groups in total. The van der Waals surface area contributed by atoms with Crippen LogP contribution in [0.1, 0.15) is 42.9 Å². The molecule has 5 nitrogen and oxygen atoms in total. The number of thioether (sulfide) groups is 1. The third kappa shape index (κ3) is 5.28. The highest BCUT2D eigenvalue weighted by atomic mass is 35.5. The van der Waals surface area contributed by atoms with Gasteiger partial charge in [0.1, 0.15) is 5.84 Å². The Morgan fingerprint density at radius 3 is 2.69 bits per heavy atom. The summed E-state index contributed by atoms with van der Waals surface area (Å²) < 4.78 is 38.2. The second kappa shape index (κ2) is 9.76. The number of hydrogen-bond acceptors (Lipinski definition) is 5. The van der Waals surface area contributed by atoms with Gasteiger partial charge in [0.25, 0.3) is 5.91 Å². The predicted molar refractivity (Wildman–Crippen MR) is 134 cm³/mol. The Bertz CT molecular complexity index is 1240. The normalized spacial score (nSPS) is 20.1. The second-order valence-electron chi connectivity index (χ2n) is 9.35. The van der Waals surface area contributed by atoms with Crippen LogP contribution in [-0.4, -0.2) is 46.9 Å². The van der Waals surface area contributed by atoms with Crippen LogP contribution in [-0.2, 0) is 10.2 Å². The number of amides is 1. The summed E-state index contributed by atoms with van der Waals surface area (Å²) in [6, 6.07) is 13.3. The van der Waals surface area contributed by atoms with Crippen LogP contribution in [0.2, 0.25) is 5.02 Å². The molecule has 1 unspecified atom stereocenters. The predicted octanol–water partition coefficient (Wildman–Crippen LogP) is 5.60. The van der Waals surface area contributed by atoms with Gasteiger partial charge in [0.05, 0.1) is 12.0 Å². The topological polar surface area (TPSA) is 64.9 Å². The molecule has 1 saturated carbocycles. The number of nitrogens with zero attached hydrogens (tertiary/aromatic N) is 2. The van der Waals surface area contributed by atoms with Crippen molar-refractivity contribution < 1.29 is 23.1 Å². The lowest BCUT2D eigenvalue weighted by Gasteiger charge is -2.28. The maximum absolute atomic E-state index is 13.1. The van der Waals surface area contributed by atoms with Gasteiger partial charge in [-0.1, -0.05) is 35.9 Å². The van der Waals surface area contributed by atoms with Crippen molar-refractivity contribution >= 4 is 35.1 Å². The zero-order valence-corrected chi connectivity index (χ0v) is 20.9. The monoisotopic (exact) mass is 535 g/mol. The fourth-order valence-electron chi connectivity index (χ4n) is 4.91. The quantitative estimate of drug-likeness (QED) is 0.490. The molecule has 2 heterocycles. The number of benzene rings is 2. The van der Waals surface area contributed by atoms with Gasteiger partial charge in [-0.2, -0.15) is 13.2 Å². The minimum atomic E-state index is -4.44. The lowest BCUT2D eigenvalue weighted by atomic mass is 9.93. The number of aliphatic hydroxyl groups excluding tert-OH is 1. The molecule has 10 heteroatoms. The molecule has 2 aromatic carbocycles. The van der Waals surface area contributed by atoms with Crippen LogP contribution in [0.5, 0.6) is 0 Å². The van der Waals surface area contributed by atoms with Gasteiger partial charge in [-0.25, -0.2) is 0 Å². The van der Waals surface area contributed by atoms with Crippen molar-refractivity contribution in [3.8, 4) is 0 Å². The minimum absolute atomic E-state index is 0.0697. The SMILES string of the molecule is O=C(C(O)c1cccc(SC(F)(F)F)c1)N1CCCC2=C(CN=C(C3(c4cccc(Cl)c4)CC3)N2)C1. The van der Waals surface area contributed by atoms with Crippen molar-refractivity contribution in [3.63, 3.8) is 0 Å². The highest BCUT2D eigenvalue weighted by Crippen LogP contribution is 2.50. The molecule has 1 aliphatic carbocycles. The smallest absolute Gasteiger partial charge is 0.378 e. The van der Waals surface area contributed by atoms with E-state index in [0.29, 0.717) is 31.1 Å². The molecular weight excluding hydrogens is 511 g/mol. The fourth-order valence-corrected chi connectivity index (χ4v) is 5.71. The first-order valence-corrected chi connectivity index (χ1v) is 13.0. The maximum Gasteiger partial charge on any atom is 0.446 e. The fraction of sp³-hybridized carbons (Fsp3) is 0.385. The van der Waals surface area contributed by atoms with E-state index in [-0.39, 0.29) is 27.6 Å². The number of alkyl halides is 3. The van der Waals surface area contributed by atoms with Crippen molar-refractivity contribution in [2.24, 2.45) is 4.99 Å². The van der Waals surface area contributed by atoms with Gasteiger partial charge in [-0.3, -0.25) is 9.79 Å². The van der Waals surface area contributed by atoms with Crippen LogP contribution in [0.3, 0.4) is 0 Å². The highest BCUT2D eigenvalue weighted by Gasteiger charge is 2.50. The number of hydrogen-bond donors (Lipinski definition) is 2. The average molecular weight is 536 g/mol.